The molecule has 0 radical (unpaired) electrons. The molecule has 0 spiro atoms. The van der Waals surface area contributed by atoms with Crippen molar-refractivity contribution in [3.63, 3.8) is 0 Å². The molecule has 2 aliphatic carbocycles. The third kappa shape index (κ3) is 18.0. The molecule has 16 nitrogen and oxygen atoms in total. The minimum atomic E-state index is -0.628. The van der Waals surface area contributed by atoms with Crippen LogP contribution >= 0.6 is 23.5 Å². The van der Waals surface area contributed by atoms with Crippen LogP contribution < -0.4 is 28.4 Å². The van der Waals surface area contributed by atoms with Gasteiger partial charge in [0.15, 0.2) is 0 Å². The van der Waals surface area contributed by atoms with Crippen LogP contribution in [0.3, 0.4) is 0 Å². The van der Waals surface area contributed by atoms with Gasteiger partial charge in [-0.3, -0.25) is 19.2 Å². The molecule has 0 unspecified atom stereocenters. The Morgan fingerprint density at radius 2 is 0.949 bits per heavy atom. The minimum Gasteiger partial charge on any atom is -0.494 e. The molecule has 0 saturated heterocycles. The van der Waals surface area contributed by atoms with Crippen LogP contribution in [-0.4, -0.2) is 62.2 Å². The number of ether oxygens (including phenoxy) is 8. The Bertz CT molecular complexity index is 2720. The maximum Gasteiger partial charge on any atom is 0.330 e. The molecule has 3 aromatic carbocycles. The molecule has 3 aromatic rings. The van der Waals surface area contributed by atoms with Crippen LogP contribution in [0.5, 0.6) is 34.5 Å². The quantitative estimate of drug-likeness (QED) is 0.0183. The normalized spacial score (nSPS) is 18.3. The molecular formula is C60H68N2O14S2. The number of carbonyl (C=O) groups excluding carboxylic acids is 6. The Labute approximate surface area is 465 Å². The van der Waals surface area contributed by atoms with E-state index in [0.717, 1.165) is 87.0 Å². The molecule has 18 heteroatoms. The number of carbonyl (C=O) groups is 6. The fourth-order valence-electron chi connectivity index (χ4n) is 9.01. The van der Waals surface area contributed by atoms with Crippen LogP contribution in [0.2, 0.25) is 0 Å². The molecular weight excluding hydrogens is 1040 g/mol. The number of benzene rings is 3. The second-order valence-electron chi connectivity index (χ2n) is 20.2. The van der Waals surface area contributed by atoms with Crippen molar-refractivity contribution < 1.29 is 66.7 Å². The van der Waals surface area contributed by atoms with Gasteiger partial charge in [0.25, 0.3) is 5.70 Å². The van der Waals surface area contributed by atoms with E-state index in [-0.39, 0.29) is 29.1 Å². The van der Waals surface area contributed by atoms with Gasteiger partial charge in [0.1, 0.15) is 34.5 Å². The van der Waals surface area contributed by atoms with Crippen LogP contribution in [0.4, 0.5) is 0 Å². The molecule has 2 saturated carbocycles. The Balaban J connectivity index is 0.993. The zero-order chi connectivity index (χ0) is 56.0. The Hall–Kier alpha value is -7.02. The van der Waals surface area contributed by atoms with Crippen molar-refractivity contribution in [2.24, 2.45) is 23.7 Å². The van der Waals surface area contributed by atoms with Crippen molar-refractivity contribution >= 4 is 59.3 Å². The predicted octanol–water partition coefficient (Wildman–Crippen LogP) is 12.8. The summed E-state index contributed by atoms with van der Waals surface area (Å²) in [7, 11) is 0. The molecule has 0 bridgehead atoms. The molecule has 1 heterocycles. The number of hydrogen-bond acceptors (Lipinski definition) is 17. The first-order valence-electron chi connectivity index (χ1n) is 26.6. The summed E-state index contributed by atoms with van der Waals surface area (Å²) in [5, 5.41) is 9.87. The standard InChI is InChI=1S/C60H68N2O14S2/c1-7-50(63)71-35-15-11-9-13-33-69-43-25-29-45(30-26-43)73-55(65)39-17-21-41(22-18-39)57(67)75-49-37-47(60(3,4)5)52(54-53(49)77-59(78-54)48(38-61)62-6)76-58(68)42-23-19-40(20-24-42)56(66)74-46-31-27-44(28-32-46)70-34-14-10-12-16-36-72-51(64)8-2/h7-8,25-32,37,39-42H,1-2,9-24,33-36H2,3-5H3/b59-48+. The second kappa shape index (κ2) is 30.2. The summed E-state index contributed by atoms with van der Waals surface area (Å²) in [6, 6.07) is 17.4. The first-order valence-corrected chi connectivity index (χ1v) is 28.2. The summed E-state index contributed by atoms with van der Waals surface area (Å²) >= 11 is 2.24. The lowest BCUT2D eigenvalue weighted by Crippen LogP contribution is -2.31. The van der Waals surface area contributed by atoms with Crippen molar-refractivity contribution in [1.82, 2.24) is 0 Å². The summed E-state index contributed by atoms with van der Waals surface area (Å²) in [6.45, 7) is 22.0. The van der Waals surface area contributed by atoms with Crippen LogP contribution in [0.25, 0.3) is 4.85 Å². The zero-order valence-corrected chi connectivity index (χ0v) is 46.3. The highest BCUT2D eigenvalue weighted by Gasteiger charge is 2.39. The lowest BCUT2D eigenvalue weighted by Gasteiger charge is -2.29. The van der Waals surface area contributed by atoms with Crippen molar-refractivity contribution in [3.8, 4) is 40.6 Å². The van der Waals surface area contributed by atoms with E-state index in [9.17, 15) is 34.0 Å². The van der Waals surface area contributed by atoms with E-state index < -0.39 is 53.0 Å². The zero-order valence-electron chi connectivity index (χ0n) is 44.6. The maximum absolute atomic E-state index is 14.1. The van der Waals surface area contributed by atoms with Gasteiger partial charge < -0.3 is 37.9 Å². The summed E-state index contributed by atoms with van der Waals surface area (Å²) in [4.78, 5) is 81.2. The van der Waals surface area contributed by atoms with Gasteiger partial charge >= 0.3 is 35.8 Å². The third-order valence-electron chi connectivity index (χ3n) is 13.5. The average Bonchev–Trinajstić information content (AvgIpc) is 3.98. The smallest absolute Gasteiger partial charge is 0.330 e. The van der Waals surface area contributed by atoms with E-state index in [0.29, 0.717) is 120 Å². The molecule has 78 heavy (non-hydrogen) atoms. The van der Waals surface area contributed by atoms with Crippen molar-refractivity contribution in [3.05, 3.63) is 107 Å². The summed E-state index contributed by atoms with van der Waals surface area (Å²) in [5.41, 5.74) is -0.185. The van der Waals surface area contributed by atoms with Gasteiger partial charge in [-0.1, -0.05) is 57.5 Å². The van der Waals surface area contributed by atoms with Gasteiger partial charge in [-0.05, 0) is 163 Å². The Kier molecular flexibility index (Phi) is 23.3. The summed E-state index contributed by atoms with van der Waals surface area (Å²) in [5.74, 6) is -1.82. The van der Waals surface area contributed by atoms with Gasteiger partial charge in [-0.15, -0.1) is 0 Å². The monoisotopic (exact) mass is 1100 g/mol. The number of thioether (sulfide) groups is 2. The topological polar surface area (TPSA) is 204 Å². The fourth-order valence-corrected chi connectivity index (χ4v) is 11.5. The number of rotatable bonds is 26. The van der Waals surface area contributed by atoms with E-state index >= 15 is 0 Å². The maximum atomic E-state index is 14.1. The number of nitrogens with zero attached hydrogens (tertiary/aromatic N) is 2. The second-order valence-corrected chi connectivity index (χ2v) is 22.5. The lowest BCUT2D eigenvalue weighted by atomic mass is 9.82. The predicted molar refractivity (Wildman–Crippen MR) is 293 cm³/mol. The molecule has 1 aliphatic heterocycles. The van der Waals surface area contributed by atoms with E-state index in [1.807, 2.05) is 26.8 Å². The molecule has 0 aromatic heterocycles. The first-order chi connectivity index (χ1) is 37.6. The number of fused-ring (bicyclic) bond motifs is 1. The van der Waals surface area contributed by atoms with Gasteiger partial charge in [0.05, 0.1) is 76.8 Å². The van der Waals surface area contributed by atoms with Crippen molar-refractivity contribution in [1.29, 1.82) is 5.26 Å². The summed E-state index contributed by atoms with van der Waals surface area (Å²) in [6.07, 6.45) is 12.4. The van der Waals surface area contributed by atoms with Crippen LogP contribution in [0.1, 0.15) is 129 Å². The highest BCUT2D eigenvalue weighted by atomic mass is 32.2. The van der Waals surface area contributed by atoms with E-state index in [4.69, 9.17) is 44.5 Å². The SMILES string of the molecule is [C-]#[N+]/C(C#N)=C1\Sc2c(OC(=O)C3CCC(C(=O)Oc4ccc(OCCCCCCOC(=O)C=C)cc4)CC3)cc(C(C)(C)C)c(OC(=O)C3CCC(C(=O)Oc4ccc(OCCCCCCOC(=O)C=C)cc4)CC3)c2S1. The van der Waals surface area contributed by atoms with Crippen molar-refractivity contribution in [2.75, 3.05) is 26.4 Å². The van der Waals surface area contributed by atoms with E-state index in [1.54, 1.807) is 54.6 Å². The molecule has 0 N–H and O–H groups in total. The number of nitriles is 1. The Morgan fingerprint density at radius 1 is 0.577 bits per heavy atom. The molecule has 0 atom stereocenters. The highest BCUT2D eigenvalue weighted by Crippen LogP contribution is 2.61. The van der Waals surface area contributed by atoms with Gasteiger partial charge in [0.2, 0.25) is 0 Å². The minimum absolute atomic E-state index is 0.146. The molecule has 6 rings (SSSR count). The average molecular weight is 1110 g/mol. The molecule has 2 fully saturated rings. The van der Waals surface area contributed by atoms with Crippen molar-refractivity contribution in [2.45, 2.75) is 139 Å². The van der Waals surface area contributed by atoms with Gasteiger partial charge in [-0.2, -0.15) is 0 Å². The molecule has 3 aliphatic rings. The van der Waals surface area contributed by atoms with E-state index in [2.05, 4.69) is 18.0 Å². The molecule has 414 valence electrons. The largest absolute Gasteiger partial charge is 0.494 e. The first kappa shape index (κ1) is 60.2. The van der Waals surface area contributed by atoms with Gasteiger partial charge in [-0.25, -0.2) is 19.7 Å². The summed E-state index contributed by atoms with van der Waals surface area (Å²) < 4.78 is 45.9. The lowest BCUT2D eigenvalue weighted by molar-refractivity contribution is -0.145. The Morgan fingerprint density at radius 3 is 1.33 bits per heavy atom. The fraction of sp³-hybridized carbons (Fsp3) is 0.467. The van der Waals surface area contributed by atoms with E-state index in [1.165, 1.54) is 0 Å². The number of hydrogen-bond donors (Lipinski definition) is 0. The molecule has 0 amide bonds. The van der Waals surface area contributed by atoms with Crippen LogP contribution in [0, 0.1) is 41.6 Å². The number of allylic oxidation sites excluding steroid dienone is 1. The third-order valence-corrected chi connectivity index (χ3v) is 16.1. The highest BCUT2D eigenvalue weighted by molar-refractivity contribution is 8.24. The van der Waals surface area contributed by atoms with Gasteiger partial charge in [0, 0.05) is 17.7 Å². The van der Waals surface area contributed by atoms with Crippen LogP contribution in [0.15, 0.2) is 99.6 Å². The van der Waals surface area contributed by atoms with Crippen LogP contribution in [-0.2, 0) is 43.7 Å². The number of unbranched alkanes of at least 4 members (excludes halogenated alkanes) is 6. The number of esters is 6.